The molecule has 104 valence electrons. The molecule has 3 rings (SSSR count). The molecule has 2 fully saturated rings. The highest BCUT2D eigenvalue weighted by molar-refractivity contribution is 5.36. The van der Waals surface area contributed by atoms with Crippen LogP contribution in [-0.4, -0.2) is 29.1 Å². The molecule has 0 aromatic carbocycles. The van der Waals surface area contributed by atoms with E-state index in [9.17, 15) is 0 Å². The van der Waals surface area contributed by atoms with Crippen molar-refractivity contribution in [3.63, 3.8) is 0 Å². The van der Waals surface area contributed by atoms with Crippen LogP contribution >= 0.6 is 0 Å². The van der Waals surface area contributed by atoms with Crippen molar-refractivity contribution in [2.45, 2.75) is 51.6 Å². The Balaban J connectivity index is 1.63. The Kier molecular flexibility index (Phi) is 3.97. The Hall–Kier alpha value is -1.16. The number of aromatic nitrogens is 2. The third-order valence-electron chi connectivity index (χ3n) is 4.16. The first-order valence-electron chi connectivity index (χ1n) is 7.60. The maximum absolute atomic E-state index is 4.76. The fourth-order valence-electron chi connectivity index (χ4n) is 2.66. The highest BCUT2D eigenvalue weighted by Gasteiger charge is 2.20. The Bertz CT molecular complexity index is 416. The molecule has 4 nitrogen and oxygen atoms in total. The van der Waals surface area contributed by atoms with Crippen LogP contribution in [-0.2, 0) is 6.54 Å². The molecule has 1 N–H and O–H groups in total. The highest BCUT2D eigenvalue weighted by Crippen LogP contribution is 2.21. The molecule has 19 heavy (non-hydrogen) atoms. The van der Waals surface area contributed by atoms with Gasteiger partial charge in [0, 0.05) is 31.9 Å². The smallest absolute Gasteiger partial charge is 0.147 e. The predicted molar refractivity (Wildman–Crippen MR) is 77.1 cm³/mol. The second-order valence-electron chi connectivity index (χ2n) is 6.05. The van der Waals surface area contributed by atoms with Gasteiger partial charge in [-0.05, 0) is 38.0 Å². The van der Waals surface area contributed by atoms with Crippen molar-refractivity contribution < 1.29 is 0 Å². The van der Waals surface area contributed by atoms with E-state index >= 15 is 0 Å². The lowest BCUT2D eigenvalue weighted by molar-refractivity contribution is 0.521. The summed E-state index contributed by atoms with van der Waals surface area (Å²) in [6, 6.07) is 0.726. The third-order valence-corrected chi connectivity index (χ3v) is 4.16. The maximum atomic E-state index is 4.76. The normalized spacial score (nSPS) is 24.3. The molecule has 1 aliphatic heterocycles. The number of hydrogen-bond acceptors (Lipinski definition) is 4. The van der Waals surface area contributed by atoms with E-state index in [0.29, 0.717) is 0 Å². The number of anilines is 1. The SMILES string of the molecule is CC1CCCN(c2cncc(CNC3CC3)n2)CC1. The number of nitrogens with one attached hydrogen (secondary N) is 1. The van der Waals surface area contributed by atoms with Gasteiger partial charge in [0.2, 0.25) is 0 Å². The minimum Gasteiger partial charge on any atom is -0.355 e. The zero-order chi connectivity index (χ0) is 13.1. The van der Waals surface area contributed by atoms with Gasteiger partial charge in [-0.1, -0.05) is 6.92 Å². The lowest BCUT2D eigenvalue weighted by Gasteiger charge is -2.21. The Labute approximate surface area is 115 Å². The molecule has 0 radical (unpaired) electrons. The van der Waals surface area contributed by atoms with Gasteiger partial charge < -0.3 is 10.2 Å². The first-order chi connectivity index (χ1) is 9.31. The summed E-state index contributed by atoms with van der Waals surface area (Å²) in [5, 5.41) is 3.50. The van der Waals surface area contributed by atoms with Crippen LogP contribution in [0.5, 0.6) is 0 Å². The van der Waals surface area contributed by atoms with Crippen molar-refractivity contribution in [1.82, 2.24) is 15.3 Å². The molecular weight excluding hydrogens is 236 g/mol. The fraction of sp³-hybridized carbons (Fsp3) is 0.733. The second kappa shape index (κ2) is 5.87. The standard InChI is InChI=1S/C15H24N4/c1-12-3-2-7-19(8-6-12)15-11-16-9-14(18-15)10-17-13-4-5-13/h9,11-13,17H,2-8,10H2,1H3. The fourth-order valence-corrected chi connectivity index (χ4v) is 2.66. The lowest BCUT2D eigenvalue weighted by atomic mass is 10.0. The summed E-state index contributed by atoms with van der Waals surface area (Å²) in [6.45, 7) is 5.45. The van der Waals surface area contributed by atoms with Gasteiger partial charge in [-0.15, -0.1) is 0 Å². The van der Waals surface area contributed by atoms with E-state index in [0.717, 1.165) is 43.1 Å². The Morgan fingerprint density at radius 3 is 2.95 bits per heavy atom. The van der Waals surface area contributed by atoms with Crippen LogP contribution in [0.2, 0.25) is 0 Å². The van der Waals surface area contributed by atoms with Crippen LogP contribution < -0.4 is 10.2 Å². The molecule has 1 saturated carbocycles. The average Bonchev–Trinajstić information content (AvgIpc) is 3.24. The van der Waals surface area contributed by atoms with Gasteiger partial charge in [0.05, 0.1) is 11.9 Å². The minimum atomic E-state index is 0.726. The molecule has 1 saturated heterocycles. The molecule has 0 bridgehead atoms. The quantitative estimate of drug-likeness (QED) is 0.902. The van der Waals surface area contributed by atoms with E-state index in [1.54, 1.807) is 0 Å². The van der Waals surface area contributed by atoms with Gasteiger partial charge in [-0.2, -0.15) is 0 Å². The van der Waals surface area contributed by atoms with Gasteiger partial charge in [0.25, 0.3) is 0 Å². The molecular formula is C15H24N4. The van der Waals surface area contributed by atoms with Crippen molar-refractivity contribution in [3.05, 3.63) is 18.1 Å². The van der Waals surface area contributed by atoms with Gasteiger partial charge in [-0.25, -0.2) is 4.98 Å². The van der Waals surface area contributed by atoms with Crippen molar-refractivity contribution in [2.75, 3.05) is 18.0 Å². The van der Waals surface area contributed by atoms with Crippen molar-refractivity contribution in [1.29, 1.82) is 0 Å². The summed E-state index contributed by atoms with van der Waals surface area (Å²) in [6.07, 6.45) is 10.3. The zero-order valence-corrected chi connectivity index (χ0v) is 11.8. The first kappa shape index (κ1) is 12.9. The molecule has 1 unspecified atom stereocenters. The van der Waals surface area contributed by atoms with Gasteiger partial charge in [0.15, 0.2) is 0 Å². The summed E-state index contributed by atoms with van der Waals surface area (Å²) < 4.78 is 0. The number of rotatable bonds is 4. The molecule has 1 aromatic rings. The molecule has 1 atom stereocenters. The van der Waals surface area contributed by atoms with E-state index in [2.05, 4.69) is 22.1 Å². The molecule has 0 amide bonds. The van der Waals surface area contributed by atoms with Crippen LogP contribution in [0.3, 0.4) is 0 Å². The molecule has 1 aromatic heterocycles. The van der Waals surface area contributed by atoms with E-state index in [1.807, 2.05) is 12.4 Å². The Morgan fingerprint density at radius 1 is 1.21 bits per heavy atom. The summed E-state index contributed by atoms with van der Waals surface area (Å²) in [5.74, 6) is 1.90. The number of nitrogens with zero attached hydrogens (tertiary/aromatic N) is 3. The predicted octanol–water partition coefficient (Wildman–Crippen LogP) is 2.36. The van der Waals surface area contributed by atoms with E-state index in [1.165, 1.54) is 32.1 Å². The summed E-state index contributed by atoms with van der Waals surface area (Å²) in [7, 11) is 0. The van der Waals surface area contributed by atoms with Crippen molar-refractivity contribution in [2.24, 2.45) is 5.92 Å². The first-order valence-corrected chi connectivity index (χ1v) is 7.60. The molecule has 4 heteroatoms. The zero-order valence-electron chi connectivity index (χ0n) is 11.8. The van der Waals surface area contributed by atoms with Crippen molar-refractivity contribution >= 4 is 5.82 Å². The van der Waals surface area contributed by atoms with Crippen LogP contribution in [0.1, 0.15) is 44.7 Å². The number of hydrogen-bond donors (Lipinski definition) is 1. The van der Waals surface area contributed by atoms with Crippen molar-refractivity contribution in [3.8, 4) is 0 Å². The molecule has 2 aliphatic rings. The lowest BCUT2D eigenvalue weighted by Crippen LogP contribution is -2.26. The van der Waals surface area contributed by atoms with Gasteiger partial charge in [-0.3, -0.25) is 4.98 Å². The van der Waals surface area contributed by atoms with Crippen LogP contribution in [0.25, 0.3) is 0 Å². The monoisotopic (exact) mass is 260 g/mol. The highest BCUT2D eigenvalue weighted by atomic mass is 15.2. The van der Waals surface area contributed by atoms with Gasteiger partial charge >= 0.3 is 0 Å². The van der Waals surface area contributed by atoms with Crippen LogP contribution in [0, 0.1) is 5.92 Å². The summed E-state index contributed by atoms with van der Waals surface area (Å²) in [4.78, 5) is 11.5. The molecule has 2 heterocycles. The van der Waals surface area contributed by atoms with Crippen LogP contribution in [0.15, 0.2) is 12.4 Å². The second-order valence-corrected chi connectivity index (χ2v) is 6.05. The van der Waals surface area contributed by atoms with Crippen LogP contribution in [0.4, 0.5) is 5.82 Å². The van der Waals surface area contributed by atoms with Gasteiger partial charge in [0.1, 0.15) is 5.82 Å². The Morgan fingerprint density at radius 2 is 2.11 bits per heavy atom. The topological polar surface area (TPSA) is 41.1 Å². The summed E-state index contributed by atoms with van der Waals surface area (Å²) in [5.41, 5.74) is 1.07. The largest absolute Gasteiger partial charge is 0.355 e. The maximum Gasteiger partial charge on any atom is 0.147 e. The molecule has 0 spiro atoms. The van der Waals surface area contributed by atoms with E-state index in [4.69, 9.17) is 4.98 Å². The summed E-state index contributed by atoms with van der Waals surface area (Å²) >= 11 is 0. The third kappa shape index (κ3) is 3.66. The minimum absolute atomic E-state index is 0.726. The van der Waals surface area contributed by atoms with E-state index in [-0.39, 0.29) is 0 Å². The average molecular weight is 260 g/mol. The molecule has 1 aliphatic carbocycles. The van der Waals surface area contributed by atoms with E-state index < -0.39 is 0 Å².